The van der Waals surface area contributed by atoms with Crippen molar-refractivity contribution >= 4 is 11.5 Å². The molecule has 23 heavy (non-hydrogen) atoms. The molecule has 0 spiro atoms. The smallest absolute Gasteiger partial charge is 0.160 e. The largest absolute Gasteiger partial charge is 0.391 e. The first-order chi connectivity index (χ1) is 11.1. The van der Waals surface area contributed by atoms with Crippen LogP contribution in [0.5, 0.6) is 0 Å². The highest BCUT2D eigenvalue weighted by Crippen LogP contribution is 2.24. The second-order valence-corrected chi connectivity index (χ2v) is 6.16. The zero-order valence-electron chi connectivity index (χ0n) is 13.3. The van der Waals surface area contributed by atoms with Crippen molar-refractivity contribution < 1.29 is 5.11 Å². The number of aromatic nitrogens is 5. The van der Waals surface area contributed by atoms with E-state index >= 15 is 0 Å². The fourth-order valence-corrected chi connectivity index (χ4v) is 3.19. The molecular formula is C16H20N6O. The lowest BCUT2D eigenvalue weighted by Gasteiger charge is -2.32. The fourth-order valence-electron chi connectivity index (χ4n) is 3.19. The normalized spacial score (nSPS) is 18.7. The second-order valence-electron chi connectivity index (χ2n) is 6.16. The van der Waals surface area contributed by atoms with Crippen molar-refractivity contribution in [3.63, 3.8) is 0 Å². The monoisotopic (exact) mass is 312 g/mol. The Bertz CT molecular complexity index is 851. The van der Waals surface area contributed by atoms with Gasteiger partial charge in [-0.1, -0.05) is 0 Å². The molecule has 3 aromatic heterocycles. The van der Waals surface area contributed by atoms with Gasteiger partial charge in [0.25, 0.3) is 0 Å². The van der Waals surface area contributed by atoms with Gasteiger partial charge in [-0.25, -0.2) is 9.97 Å². The minimum Gasteiger partial charge on any atom is -0.391 e. The summed E-state index contributed by atoms with van der Waals surface area (Å²) >= 11 is 0. The first kappa shape index (κ1) is 14.2. The van der Waals surface area contributed by atoms with E-state index in [4.69, 9.17) is 5.10 Å². The third-order valence-electron chi connectivity index (χ3n) is 4.31. The lowest BCUT2D eigenvalue weighted by molar-refractivity contribution is 0.153. The summed E-state index contributed by atoms with van der Waals surface area (Å²) in [4.78, 5) is 11.1. The summed E-state index contributed by atoms with van der Waals surface area (Å²) in [5, 5.41) is 14.7. The number of rotatable bonds is 2. The molecular weight excluding hydrogens is 292 g/mol. The molecule has 0 unspecified atom stereocenters. The lowest BCUT2D eigenvalue weighted by Crippen LogP contribution is -2.39. The summed E-state index contributed by atoms with van der Waals surface area (Å²) in [5.74, 6) is 1.80. The Morgan fingerprint density at radius 2 is 2.17 bits per heavy atom. The molecule has 1 aliphatic heterocycles. The molecule has 1 atom stereocenters. The van der Waals surface area contributed by atoms with Gasteiger partial charge in [0.15, 0.2) is 11.5 Å². The molecule has 1 N–H and O–H groups in total. The van der Waals surface area contributed by atoms with Gasteiger partial charge in [0, 0.05) is 50.4 Å². The van der Waals surface area contributed by atoms with Crippen LogP contribution in [-0.4, -0.2) is 48.4 Å². The molecule has 7 nitrogen and oxygen atoms in total. The van der Waals surface area contributed by atoms with Crippen molar-refractivity contribution in [3.8, 4) is 11.5 Å². The third kappa shape index (κ3) is 2.46. The summed E-state index contributed by atoms with van der Waals surface area (Å²) in [6, 6.07) is 3.99. The van der Waals surface area contributed by atoms with Gasteiger partial charge in [-0.05, 0) is 19.8 Å². The summed E-state index contributed by atoms with van der Waals surface area (Å²) in [6.07, 6.45) is 5.23. The van der Waals surface area contributed by atoms with Crippen LogP contribution in [-0.2, 0) is 7.05 Å². The number of anilines is 1. The molecule has 1 fully saturated rings. The first-order valence-corrected chi connectivity index (χ1v) is 7.90. The number of aryl methyl sites for hydroxylation is 2. The molecule has 0 radical (unpaired) electrons. The highest BCUT2D eigenvalue weighted by atomic mass is 16.3. The van der Waals surface area contributed by atoms with E-state index in [2.05, 4.69) is 14.9 Å². The highest BCUT2D eigenvalue weighted by molar-refractivity contribution is 5.61. The van der Waals surface area contributed by atoms with Crippen molar-refractivity contribution in [2.75, 3.05) is 18.0 Å². The Hall–Kier alpha value is -2.41. The van der Waals surface area contributed by atoms with Crippen molar-refractivity contribution in [2.45, 2.75) is 25.9 Å². The van der Waals surface area contributed by atoms with Gasteiger partial charge in [0.05, 0.1) is 6.10 Å². The van der Waals surface area contributed by atoms with Gasteiger partial charge in [0.2, 0.25) is 0 Å². The number of aliphatic hydroxyl groups is 1. The van der Waals surface area contributed by atoms with Crippen molar-refractivity contribution in [1.82, 2.24) is 24.1 Å². The minimum atomic E-state index is -0.281. The molecule has 0 aliphatic carbocycles. The van der Waals surface area contributed by atoms with E-state index < -0.39 is 0 Å². The average Bonchev–Trinajstić information content (AvgIpc) is 3.11. The Labute approximate surface area is 134 Å². The van der Waals surface area contributed by atoms with Crippen LogP contribution in [0, 0.1) is 6.92 Å². The van der Waals surface area contributed by atoms with E-state index in [-0.39, 0.29) is 6.10 Å². The molecule has 0 saturated carbocycles. The topological polar surface area (TPSA) is 71.5 Å². The maximum absolute atomic E-state index is 9.97. The Kier molecular flexibility index (Phi) is 3.30. The summed E-state index contributed by atoms with van der Waals surface area (Å²) in [6.45, 7) is 3.54. The van der Waals surface area contributed by atoms with E-state index in [1.54, 1.807) is 6.20 Å². The average molecular weight is 312 g/mol. The maximum atomic E-state index is 9.97. The molecule has 0 amide bonds. The quantitative estimate of drug-likeness (QED) is 0.774. The molecule has 7 heteroatoms. The van der Waals surface area contributed by atoms with Gasteiger partial charge >= 0.3 is 0 Å². The molecule has 1 aliphatic rings. The molecule has 3 aromatic rings. The number of fused-ring (bicyclic) bond motifs is 1. The van der Waals surface area contributed by atoms with Gasteiger partial charge in [-0.15, -0.1) is 0 Å². The molecule has 0 aromatic carbocycles. The molecule has 0 bridgehead atoms. The first-order valence-electron chi connectivity index (χ1n) is 7.90. The molecule has 120 valence electrons. The van der Waals surface area contributed by atoms with Gasteiger partial charge in [0.1, 0.15) is 11.5 Å². The van der Waals surface area contributed by atoms with E-state index in [1.807, 2.05) is 41.4 Å². The number of piperidine rings is 1. The van der Waals surface area contributed by atoms with E-state index in [0.717, 1.165) is 48.1 Å². The van der Waals surface area contributed by atoms with Crippen molar-refractivity contribution in [1.29, 1.82) is 0 Å². The third-order valence-corrected chi connectivity index (χ3v) is 4.31. The van der Waals surface area contributed by atoms with Crippen LogP contribution in [0.15, 0.2) is 24.5 Å². The molecule has 1 saturated heterocycles. The number of nitrogens with zero attached hydrogens (tertiary/aromatic N) is 6. The maximum Gasteiger partial charge on any atom is 0.160 e. The zero-order valence-corrected chi connectivity index (χ0v) is 13.3. The number of hydrogen-bond donors (Lipinski definition) is 1. The van der Waals surface area contributed by atoms with Crippen molar-refractivity contribution in [3.05, 3.63) is 30.2 Å². The molecule has 4 heterocycles. The number of β-amino-alcohol motifs (C(OH)–C–C–N with tert-alkyl or cyclic N) is 1. The second kappa shape index (κ2) is 5.34. The predicted octanol–water partition coefficient (Wildman–Crippen LogP) is 1.40. The summed E-state index contributed by atoms with van der Waals surface area (Å²) < 4.78 is 3.80. The van der Waals surface area contributed by atoms with Crippen molar-refractivity contribution in [2.24, 2.45) is 7.05 Å². The van der Waals surface area contributed by atoms with Crippen LogP contribution in [0.3, 0.4) is 0 Å². The minimum absolute atomic E-state index is 0.281. The standard InChI is InChI=1S/C16H20N6O/c1-11-8-15(21-6-3-4-12(23)10-21)22-14(18-11)9-13(19-22)16-17-5-7-20(16)2/h5,7-9,12,23H,3-4,6,10H2,1-2H3/t12-/m0/s1. The van der Waals surface area contributed by atoms with Crippen LogP contribution >= 0.6 is 0 Å². The number of aliphatic hydroxyl groups excluding tert-OH is 1. The van der Waals surface area contributed by atoms with Crippen LogP contribution in [0.2, 0.25) is 0 Å². The van der Waals surface area contributed by atoms with Crippen LogP contribution in [0.25, 0.3) is 17.2 Å². The van der Waals surface area contributed by atoms with Gasteiger partial charge < -0.3 is 14.6 Å². The number of imidazole rings is 1. The number of hydrogen-bond acceptors (Lipinski definition) is 5. The Morgan fingerprint density at radius 1 is 1.30 bits per heavy atom. The van der Waals surface area contributed by atoms with Crippen LogP contribution < -0.4 is 4.90 Å². The van der Waals surface area contributed by atoms with E-state index in [1.165, 1.54) is 0 Å². The van der Waals surface area contributed by atoms with Gasteiger partial charge in [-0.3, -0.25) is 0 Å². The van der Waals surface area contributed by atoms with E-state index in [0.29, 0.717) is 6.54 Å². The molecule has 4 rings (SSSR count). The lowest BCUT2D eigenvalue weighted by atomic mass is 10.1. The van der Waals surface area contributed by atoms with Crippen LogP contribution in [0.4, 0.5) is 5.82 Å². The SMILES string of the molecule is Cc1cc(N2CCC[C@H](O)C2)n2nc(-c3nccn3C)cc2n1. The van der Waals surface area contributed by atoms with E-state index in [9.17, 15) is 5.11 Å². The Balaban J connectivity index is 1.84. The summed E-state index contributed by atoms with van der Waals surface area (Å²) in [5.41, 5.74) is 2.55. The zero-order chi connectivity index (χ0) is 16.0. The predicted molar refractivity (Wildman–Crippen MR) is 87.4 cm³/mol. The highest BCUT2D eigenvalue weighted by Gasteiger charge is 2.22. The fraction of sp³-hybridized carbons (Fsp3) is 0.438. The van der Waals surface area contributed by atoms with Gasteiger partial charge in [-0.2, -0.15) is 9.61 Å². The Morgan fingerprint density at radius 3 is 2.91 bits per heavy atom. The van der Waals surface area contributed by atoms with Crippen LogP contribution in [0.1, 0.15) is 18.5 Å². The summed E-state index contributed by atoms with van der Waals surface area (Å²) in [7, 11) is 1.95.